The second-order valence-electron chi connectivity index (χ2n) is 5.20. The third-order valence-electron chi connectivity index (χ3n) is 3.34. The molecule has 3 N–H and O–H groups in total. The molecule has 7 nitrogen and oxygen atoms in total. The molecule has 0 unspecified atom stereocenters. The Hall–Kier alpha value is -3.53. The van der Waals surface area contributed by atoms with Gasteiger partial charge < -0.3 is 15.8 Å². The Morgan fingerprint density at radius 1 is 1.32 bits per heavy atom. The summed E-state index contributed by atoms with van der Waals surface area (Å²) in [6.07, 6.45) is -0.596. The molecule has 2 aromatic carbocycles. The van der Waals surface area contributed by atoms with Crippen molar-refractivity contribution in [1.82, 2.24) is 5.32 Å². The summed E-state index contributed by atoms with van der Waals surface area (Å²) in [5, 5.41) is 13.4. The molecule has 0 saturated carbocycles. The molecule has 0 radical (unpaired) electrons. The van der Waals surface area contributed by atoms with Crippen LogP contribution in [-0.2, 0) is 11.3 Å². The lowest BCUT2D eigenvalue weighted by molar-refractivity contribution is -0.384. The topological polar surface area (TPSA) is 107 Å². The van der Waals surface area contributed by atoms with Gasteiger partial charge in [0.05, 0.1) is 22.7 Å². The van der Waals surface area contributed by atoms with Gasteiger partial charge >= 0.3 is 6.09 Å². The van der Waals surface area contributed by atoms with Crippen molar-refractivity contribution in [3.05, 3.63) is 69.3 Å². The summed E-state index contributed by atoms with van der Waals surface area (Å²) in [4.78, 5) is 21.9. The van der Waals surface area contributed by atoms with E-state index >= 15 is 0 Å². The monoisotopic (exact) mass is 339 g/mol. The van der Waals surface area contributed by atoms with Gasteiger partial charge in [-0.3, -0.25) is 10.1 Å². The Kier molecular flexibility index (Phi) is 5.96. The van der Waals surface area contributed by atoms with Gasteiger partial charge in [-0.15, -0.1) is 0 Å². The quantitative estimate of drug-likeness (QED) is 0.385. The molecule has 0 saturated heterocycles. The number of aryl methyl sites for hydroxylation is 1. The van der Waals surface area contributed by atoms with Crippen LogP contribution in [0.2, 0.25) is 0 Å². The number of anilines is 1. The van der Waals surface area contributed by atoms with E-state index in [9.17, 15) is 14.9 Å². The molecule has 25 heavy (non-hydrogen) atoms. The van der Waals surface area contributed by atoms with Crippen molar-refractivity contribution in [3.8, 4) is 11.8 Å². The van der Waals surface area contributed by atoms with Crippen molar-refractivity contribution < 1.29 is 14.5 Å². The summed E-state index contributed by atoms with van der Waals surface area (Å²) in [5.41, 5.74) is 7.98. The molecule has 0 aliphatic rings. The van der Waals surface area contributed by atoms with Gasteiger partial charge in [-0.05, 0) is 18.1 Å². The second kappa shape index (κ2) is 8.36. The zero-order valence-corrected chi connectivity index (χ0v) is 13.6. The van der Waals surface area contributed by atoms with E-state index in [-0.39, 0.29) is 18.8 Å². The van der Waals surface area contributed by atoms with Crippen molar-refractivity contribution in [2.45, 2.75) is 13.5 Å². The van der Waals surface area contributed by atoms with Gasteiger partial charge in [-0.2, -0.15) is 0 Å². The van der Waals surface area contributed by atoms with Gasteiger partial charge in [-0.25, -0.2) is 4.79 Å². The zero-order valence-electron chi connectivity index (χ0n) is 13.6. The summed E-state index contributed by atoms with van der Waals surface area (Å²) in [5.74, 6) is 5.43. The highest BCUT2D eigenvalue weighted by Gasteiger charge is 2.11. The molecule has 0 heterocycles. The highest BCUT2D eigenvalue weighted by atomic mass is 16.6. The lowest BCUT2D eigenvalue weighted by Crippen LogP contribution is -2.24. The van der Waals surface area contributed by atoms with Crippen molar-refractivity contribution in [2.24, 2.45) is 0 Å². The van der Waals surface area contributed by atoms with E-state index in [2.05, 4.69) is 17.2 Å². The van der Waals surface area contributed by atoms with Gasteiger partial charge in [0.2, 0.25) is 0 Å². The van der Waals surface area contributed by atoms with Crippen molar-refractivity contribution in [2.75, 3.05) is 12.3 Å². The van der Waals surface area contributed by atoms with Gasteiger partial charge in [0.15, 0.2) is 0 Å². The predicted molar refractivity (Wildman–Crippen MR) is 93.8 cm³/mol. The predicted octanol–water partition coefficient (Wildman–Crippen LogP) is 2.76. The van der Waals surface area contributed by atoms with Crippen LogP contribution >= 0.6 is 0 Å². The Morgan fingerprint density at radius 2 is 2.04 bits per heavy atom. The van der Waals surface area contributed by atoms with Gasteiger partial charge in [0.1, 0.15) is 6.61 Å². The highest BCUT2D eigenvalue weighted by Crippen LogP contribution is 2.23. The van der Waals surface area contributed by atoms with E-state index in [0.29, 0.717) is 16.8 Å². The minimum absolute atomic E-state index is 0.0365. The number of nitrogens with zero attached hydrogens (tertiary/aromatic N) is 1. The second-order valence-corrected chi connectivity index (χ2v) is 5.20. The van der Waals surface area contributed by atoms with E-state index in [0.717, 1.165) is 5.56 Å². The molecule has 7 heteroatoms. The summed E-state index contributed by atoms with van der Waals surface area (Å²) in [7, 11) is 0. The van der Waals surface area contributed by atoms with Crippen molar-refractivity contribution in [1.29, 1.82) is 0 Å². The number of ether oxygens (including phenoxy) is 1. The van der Waals surface area contributed by atoms with E-state index < -0.39 is 11.0 Å². The number of carbonyl (C=O) groups excluding carboxylic acids is 1. The molecule has 0 spiro atoms. The molecule has 0 bridgehead atoms. The largest absolute Gasteiger partial charge is 0.445 e. The molecule has 2 aromatic rings. The summed E-state index contributed by atoms with van der Waals surface area (Å²) >= 11 is 0. The fraction of sp³-hybridized carbons (Fsp3) is 0.167. The summed E-state index contributed by atoms with van der Waals surface area (Å²) in [6, 6.07) is 12.0. The first-order valence-corrected chi connectivity index (χ1v) is 7.45. The molecular weight excluding hydrogens is 322 g/mol. The molecule has 2 rings (SSSR count). The van der Waals surface area contributed by atoms with E-state index in [4.69, 9.17) is 10.5 Å². The van der Waals surface area contributed by atoms with Crippen molar-refractivity contribution in [3.63, 3.8) is 0 Å². The third kappa shape index (κ3) is 5.25. The number of carbonyl (C=O) groups is 1. The van der Waals surface area contributed by atoms with Crippen LogP contribution in [-0.4, -0.2) is 17.6 Å². The summed E-state index contributed by atoms with van der Waals surface area (Å²) in [6.45, 7) is 1.87. The number of alkyl carbamates (subject to hydrolysis) is 1. The third-order valence-corrected chi connectivity index (χ3v) is 3.34. The Bertz CT molecular complexity index is 839. The van der Waals surface area contributed by atoms with E-state index in [1.807, 2.05) is 30.3 Å². The first kappa shape index (κ1) is 17.8. The first-order chi connectivity index (χ1) is 12.0. The number of hydrogen-bond donors (Lipinski definition) is 2. The molecule has 0 aliphatic heterocycles. The molecular formula is C18H17N3O4. The normalized spacial score (nSPS) is 9.64. The van der Waals surface area contributed by atoms with Crippen LogP contribution in [0, 0.1) is 28.9 Å². The van der Waals surface area contributed by atoms with Crippen LogP contribution in [0.25, 0.3) is 0 Å². The standard InChI is InChI=1S/C18H17N3O4/c1-13-10-16(21(23)24)11-15(17(13)19)8-5-9-20-18(22)25-12-14-6-3-2-4-7-14/h2-4,6-7,10-11H,9,12,19H2,1H3,(H,20,22). The number of nitro groups is 1. The van der Waals surface area contributed by atoms with Crippen LogP contribution < -0.4 is 11.1 Å². The average Bonchev–Trinajstić information content (AvgIpc) is 2.60. The van der Waals surface area contributed by atoms with Crippen LogP contribution in [0.15, 0.2) is 42.5 Å². The first-order valence-electron chi connectivity index (χ1n) is 7.45. The molecule has 128 valence electrons. The lowest BCUT2D eigenvalue weighted by atomic mass is 10.1. The van der Waals surface area contributed by atoms with E-state index in [1.165, 1.54) is 12.1 Å². The number of rotatable bonds is 4. The highest BCUT2D eigenvalue weighted by molar-refractivity contribution is 5.68. The number of nitro benzene ring substituents is 1. The smallest absolute Gasteiger partial charge is 0.408 e. The number of nitrogens with one attached hydrogen (secondary N) is 1. The maximum atomic E-state index is 11.6. The number of nitrogens with two attached hydrogens (primary N) is 1. The number of hydrogen-bond acceptors (Lipinski definition) is 5. The fourth-order valence-electron chi connectivity index (χ4n) is 2.02. The number of amides is 1. The SMILES string of the molecule is Cc1cc([N+](=O)[O-])cc(C#CCNC(=O)OCc2ccccc2)c1N. The molecule has 0 atom stereocenters. The van der Waals surface area contributed by atoms with E-state index in [1.54, 1.807) is 6.92 Å². The summed E-state index contributed by atoms with van der Waals surface area (Å²) < 4.78 is 5.04. The van der Waals surface area contributed by atoms with Crippen molar-refractivity contribution >= 4 is 17.5 Å². The Balaban J connectivity index is 1.90. The van der Waals surface area contributed by atoms with Crippen LogP contribution in [0.4, 0.5) is 16.2 Å². The molecule has 1 amide bonds. The molecule has 0 fully saturated rings. The minimum atomic E-state index is -0.596. The van der Waals surface area contributed by atoms with Gasteiger partial charge in [-0.1, -0.05) is 42.2 Å². The minimum Gasteiger partial charge on any atom is -0.445 e. The molecule has 0 aliphatic carbocycles. The maximum Gasteiger partial charge on any atom is 0.408 e. The van der Waals surface area contributed by atoms with Crippen LogP contribution in [0.3, 0.4) is 0 Å². The zero-order chi connectivity index (χ0) is 18.2. The number of nitrogen functional groups attached to an aromatic ring is 1. The lowest BCUT2D eigenvalue weighted by Gasteiger charge is -2.05. The number of non-ortho nitro benzene ring substituents is 1. The maximum absolute atomic E-state index is 11.6. The average molecular weight is 339 g/mol. The van der Waals surface area contributed by atoms with Crippen LogP contribution in [0.5, 0.6) is 0 Å². The fourth-order valence-corrected chi connectivity index (χ4v) is 2.02. The Labute approximate surface area is 144 Å². The van der Waals surface area contributed by atoms with Gasteiger partial charge in [0, 0.05) is 12.1 Å². The Morgan fingerprint density at radius 3 is 2.72 bits per heavy atom. The van der Waals surface area contributed by atoms with Crippen LogP contribution in [0.1, 0.15) is 16.7 Å². The number of benzene rings is 2. The van der Waals surface area contributed by atoms with Gasteiger partial charge in [0.25, 0.3) is 5.69 Å². The molecule has 0 aromatic heterocycles.